The predicted molar refractivity (Wildman–Crippen MR) is 226 cm³/mol. The minimum atomic E-state index is 0. The minimum Gasteiger partial charge on any atom is -1.00 e. The van der Waals surface area contributed by atoms with Gasteiger partial charge in [0.2, 0.25) is 0 Å². The molecule has 6 rings (SSSR count). The van der Waals surface area contributed by atoms with Crippen LogP contribution in [-0.4, -0.2) is 47.3 Å². The molecule has 0 saturated carbocycles. The molecule has 3 aromatic carbocycles. The second-order valence-electron chi connectivity index (χ2n) is 13.6. The molecule has 12 nitrogen and oxygen atoms in total. The van der Waals surface area contributed by atoms with Gasteiger partial charge in [-0.2, -0.15) is 0 Å². The van der Waals surface area contributed by atoms with Gasteiger partial charge in [-0.05, 0) is 127 Å². The Kier molecular flexibility index (Phi) is 20.0. The van der Waals surface area contributed by atoms with Crippen LogP contribution in [0.3, 0.4) is 0 Å². The maximum absolute atomic E-state index is 4.51. The lowest BCUT2D eigenvalue weighted by molar-refractivity contribution is -0.688. The van der Waals surface area contributed by atoms with Crippen molar-refractivity contribution in [3.05, 3.63) is 146 Å². The van der Waals surface area contributed by atoms with E-state index >= 15 is 0 Å². The van der Waals surface area contributed by atoms with E-state index in [1.54, 1.807) is 6.20 Å². The Hall–Kier alpha value is -5.73. The molecule has 0 N–H and O–H groups in total. The zero-order valence-electron chi connectivity index (χ0n) is 34.0. The molecule has 0 amide bonds. The number of pyridine rings is 3. The van der Waals surface area contributed by atoms with E-state index < -0.39 is 0 Å². The van der Waals surface area contributed by atoms with E-state index in [0.717, 1.165) is 78.1 Å². The Morgan fingerprint density at radius 2 is 0.793 bits per heavy atom. The third-order valence-corrected chi connectivity index (χ3v) is 8.68. The highest BCUT2D eigenvalue weighted by molar-refractivity contribution is 5.53. The molecule has 0 aliphatic carbocycles. The molecule has 58 heavy (non-hydrogen) atoms. The molecule has 302 valence electrons. The first-order chi connectivity index (χ1) is 27.2. The maximum Gasteiger partial charge on any atom is 0.350 e. The number of azo groups is 3. The first kappa shape index (κ1) is 46.7. The number of hydrogen-bond donors (Lipinski definition) is 0. The Morgan fingerprint density at radius 3 is 1.16 bits per heavy atom. The topological polar surface area (TPSA) is 105 Å². The lowest BCUT2D eigenvalue weighted by Gasteiger charge is -2.11. The van der Waals surface area contributed by atoms with Gasteiger partial charge >= 0.3 is 11.6 Å². The first-order valence-electron chi connectivity index (χ1n) is 18.7. The molecule has 6 aromatic rings. The zero-order chi connectivity index (χ0) is 39.5. The van der Waals surface area contributed by atoms with Crippen LogP contribution in [0.5, 0.6) is 0 Å². The molecule has 0 fully saturated rings. The smallest absolute Gasteiger partial charge is 0.350 e. The number of anilines is 3. The standard InChI is InChI=1S/C31H38N8.C13H14N4.2BrH/c1-36(2)28-18-14-26(15-19-28)32-34-30-12-6-10-24-38(30)22-8-5-9-23-39-25-11-7-13-31(39)35-33-27-16-20-29(21-17-27)37(3)4;1-17(2)12-8-6-11(7-9-12)15-16-13-5-3-4-10-14-13;;/h6-7,10-21,24-25H,5,8-9,22-23H2,1-4H3;3-10H,1-2H3;2*1H/q+2;;;/p-2. The molecule has 0 unspecified atom stereocenters. The summed E-state index contributed by atoms with van der Waals surface area (Å²) >= 11 is 0. The summed E-state index contributed by atoms with van der Waals surface area (Å²) in [6.07, 6.45) is 9.03. The number of benzene rings is 3. The van der Waals surface area contributed by atoms with Crippen LogP contribution in [0.4, 0.5) is 51.6 Å². The van der Waals surface area contributed by atoms with Crippen molar-refractivity contribution in [2.45, 2.75) is 32.4 Å². The quantitative estimate of drug-likeness (QED) is 0.0850. The van der Waals surface area contributed by atoms with Crippen molar-refractivity contribution in [3.63, 3.8) is 0 Å². The number of rotatable bonds is 15. The van der Waals surface area contributed by atoms with E-state index in [1.807, 2.05) is 175 Å². The maximum atomic E-state index is 4.51. The van der Waals surface area contributed by atoms with E-state index in [2.05, 4.69) is 67.0 Å². The average Bonchev–Trinajstić information content (AvgIpc) is 3.23. The second-order valence-corrected chi connectivity index (χ2v) is 13.6. The van der Waals surface area contributed by atoms with Crippen LogP contribution >= 0.6 is 0 Å². The summed E-state index contributed by atoms with van der Waals surface area (Å²) in [7, 11) is 12.1. The van der Waals surface area contributed by atoms with Crippen molar-refractivity contribution in [3.8, 4) is 0 Å². The number of aromatic nitrogens is 3. The van der Waals surface area contributed by atoms with Gasteiger partial charge in [-0.1, -0.05) is 18.2 Å². The largest absolute Gasteiger partial charge is 1.00 e. The van der Waals surface area contributed by atoms with Gasteiger partial charge in [-0.25, -0.2) is 14.1 Å². The normalized spacial score (nSPS) is 10.8. The number of nitrogens with zero attached hydrogens (tertiary/aromatic N) is 12. The van der Waals surface area contributed by atoms with E-state index in [1.165, 1.54) is 0 Å². The van der Waals surface area contributed by atoms with Gasteiger partial charge in [-0.3, -0.25) is 0 Å². The van der Waals surface area contributed by atoms with Crippen molar-refractivity contribution in [2.24, 2.45) is 30.7 Å². The van der Waals surface area contributed by atoms with Crippen molar-refractivity contribution in [1.82, 2.24) is 4.98 Å². The monoisotopic (exact) mass is 906 g/mol. The molecule has 0 aliphatic rings. The van der Waals surface area contributed by atoms with Crippen LogP contribution in [0, 0.1) is 0 Å². The molecule has 0 aliphatic heterocycles. The fourth-order valence-electron chi connectivity index (χ4n) is 5.43. The van der Waals surface area contributed by atoms with E-state index in [-0.39, 0.29) is 34.0 Å². The van der Waals surface area contributed by atoms with Crippen LogP contribution in [0.2, 0.25) is 0 Å². The Bertz CT molecular complexity index is 2050. The molecule has 0 radical (unpaired) electrons. The third-order valence-electron chi connectivity index (χ3n) is 8.68. The zero-order valence-corrected chi connectivity index (χ0v) is 37.2. The molecule has 0 atom stereocenters. The lowest BCUT2D eigenvalue weighted by Crippen LogP contribution is -3.00. The average molecular weight is 909 g/mol. The van der Waals surface area contributed by atoms with Gasteiger partial charge in [-0.15, -0.1) is 10.2 Å². The summed E-state index contributed by atoms with van der Waals surface area (Å²) < 4.78 is 4.32. The van der Waals surface area contributed by atoms with Crippen molar-refractivity contribution < 1.29 is 43.1 Å². The van der Waals surface area contributed by atoms with E-state index in [0.29, 0.717) is 5.82 Å². The van der Waals surface area contributed by atoms with Crippen LogP contribution in [0.1, 0.15) is 19.3 Å². The van der Waals surface area contributed by atoms with Gasteiger partial charge in [0.05, 0.1) is 41.4 Å². The van der Waals surface area contributed by atoms with Crippen LogP contribution in [0.25, 0.3) is 0 Å². The molecule has 0 saturated heterocycles. The van der Waals surface area contributed by atoms with Crippen molar-refractivity contribution in [1.29, 1.82) is 0 Å². The lowest BCUT2D eigenvalue weighted by atomic mass is 10.2. The molecule has 3 heterocycles. The van der Waals surface area contributed by atoms with Crippen LogP contribution in [0.15, 0.2) is 177 Å². The van der Waals surface area contributed by atoms with Gasteiger partial charge in [0.15, 0.2) is 5.82 Å². The number of halogens is 2. The van der Waals surface area contributed by atoms with Crippen LogP contribution in [-0.2, 0) is 13.1 Å². The summed E-state index contributed by atoms with van der Waals surface area (Å²) in [5.41, 5.74) is 5.93. The Labute approximate surface area is 363 Å². The molecule has 0 spiro atoms. The number of unbranched alkanes of at least 4 members (excludes halogenated alkanes) is 2. The van der Waals surface area contributed by atoms with E-state index in [9.17, 15) is 0 Å². The Morgan fingerprint density at radius 1 is 0.414 bits per heavy atom. The van der Waals surface area contributed by atoms with Crippen molar-refractivity contribution in [2.75, 3.05) is 57.0 Å². The highest BCUT2D eigenvalue weighted by atomic mass is 79.9. The molecular weight excluding hydrogens is 856 g/mol. The SMILES string of the molecule is CN(C)c1ccc(N=Nc2cccc[n+]2CCCCC[n+]2ccccc2N=Nc2ccc(N(C)C)cc2)cc1.CN(C)c1ccc(N=Nc2ccccn2)cc1.[Br-].[Br-]. The van der Waals surface area contributed by atoms with Crippen LogP contribution < -0.4 is 57.8 Å². The van der Waals surface area contributed by atoms with Crippen molar-refractivity contribution >= 4 is 51.6 Å². The van der Waals surface area contributed by atoms with Gasteiger partial charge in [0.25, 0.3) is 0 Å². The van der Waals surface area contributed by atoms with Gasteiger partial charge in [0.1, 0.15) is 11.4 Å². The molecular formula is C44H52Br2N12. The summed E-state index contributed by atoms with van der Waals surface area (Å²) in [6, 6.07) is 41.7. The number of aryl methyl sites for hydroxylation is 2. The Balaban J connectivity index is 0.000000397. The highest BCUT2D eigenvalue weighted by Crippen LogP contribution is 2.22. The second kappa shape index (κ2) is 24.8. The highest BCUT2D eigenvalue weighted by Gasteiger charge is 2.11. The van der Waals surface area contributed by atoms with E-state index in [4.69, 9.17) is 0 Å². The van der Waals surface area contributed by atoms with Gasteiger partial charge in [0, 0.05) is 77.7 Å². The predicted octanol–water partition coefficient (Wildman–Crippen LogP) is 4.67. The fourth-order valence-corrected chi connectivity index (χ4v) is 5.43. The summed E-state index contributed by atoms with van der Waals surface area (Å²) in [5, 5.41) is 26.1. The first-order valence-corrected chi connectivity index (χ1v) is 18.7. The summed E-state index contributed by atoms with van der Waals surface area (Å²) in [6.45, 7) is 1.79. The summed E-state index contributed by atoms with van der Waals surface area (Å²) in [4.78, 5) is 10.2. The minimum absolute atomic E-state index is 0. The van der Waals surface area contributed by atoms with Gasteiger partial charge < -0.3 is 48.7 Å². The molecule has 0 bridgehead atoms. The fraction of sp³-hybridized carbons (Fsp3) is 0.250. The molecule has 14 heteroatoms. The molecule has 3 aromatic heterocycles. The third kappa shape index (κ3) is 15.3. The summed E-state index contributed by atoms with van der Waals surface area (Å²) in [5.74, 6) is 2.32. The number of hydrogen-bond acceptors (Lipinski definition) is 10.